The number of hydrogen-bond donors (Lipinski definition) is 0. The monoisotopic (exact) mass is 300 g/mol. The van der Waals surface area contributed by atoms with E-state index in [1.807, 2.05) is 20.4 Å². The first-order chi connectivity index (χ1) is 7.18. The van der Waals surface area contributed by atoms with E-state index in [9.17, 15) is 0 Å². The zero-order valence-electron chi connectivity index (χ0n) is 9.75. The number of ether oxygens (including phenoxy) is 2. The third kappa shape index (κ3) is 8.35. The molecule has 0 aromatic carbocycles. The Balaban J connectivity index is 3.83. The molecule has 0 atom stereocenters. The summed E-state index contributed by atoms with van der Waals surface area (Å²) in [6, 6.07) is 0.882. The van der Waals surface area contributed by atoms with Gasteiger partial charge in [-0.1, -0.05) is 15.9 Å². The van der Waals surface area contributed by atoms with Crippen LogP contribution in [0.25, 0.3) is 0 Å². The van der Waals surface area contributed by atoms with E-state index in [0.717, 1.165) is 11.4 Å². The minimum atomic E-state index is -2.12. The molecule has 92 valence electrons. The highest BCUT2D eigenvalue weighted by Crippen LogP contribution is 2.15. The van der Waals surface area contributed by atoms with Gasteiger partial charge in [0.05, 0.1) is 0 Å². The van der Waals surface area contributed by atoms with E-state index in [0.29, 0.717) is 26.8 Å². The Labute approximate surface area is 102 Å². The smallest absolute Gasteiger partial charge is 0.339 e. The molecular formula is C9H21BrO4Si. The standard InChI is InChI=1S/C9H21BrO4Si/c1-4-11-8-13-15(3,7-6-10)14-9-12-5-2/h4-9H2,1-3H3. The Morgan fingerprint density at radius 1 is 1.00 bits per heavy atom. The van der Waals surface area contributed by atoms with Crippen LogP contribution in [0.1, 0.15) is 13.8 Å². The Hall–Kier alpha value is 0.537. The third-order valence-electron chi connectivity index (χ3n) is 1.85. The predicted octanol–water partition coefficient (Wildman–Crippen LogP) is 2.47. The van der Waals surface area contributed by atoms with E-state index >= 15 is 0 Å². The van der Waals surface area contributed by atoms with Crippen LogP contribution in [0.15, 0.2) is 0 Å². The van der Waals surface area contributed by atoms with E-state index in [4.69, 9.17) is 18.3 Å². The van der Waals surface area contributed by atoms with Crippen LogP contribution in [0.4, 0.5) is 0 Å². The minimum Gasteiger partial charge on any atom is -0.370 e. The fourth-order valence-electron chi connectivity index (χ4n) is 0.857. The van der Waals surface area contributed by atoms with Gasteiger partial charge in [0.25, 0.3) is 0 Å². The molecule has 0 saturated heterocycles. The molecule has 0 aromatic rings. The molecule has 0 spiro atoms. The number of alkyl halides is 1. The number of halogens is 1. The lowest BCUT2D eigenvalue weighted by Crippen LogP contribution is -2.40. The Morgan fingerprint density at radius 2 is 1.47 bits per heavy atom. The fourth-order valence-corrected chi connectivity index (χ4v) is 4.40. The summed E-state index contributed by atoms with van der Waals surface area (Å²) in [7, 11) is -2.12. The summed E-state index contributed by atoms with van der Waals surface area (Å²) < 4.78 is 21.6. The van der Waals surface area contributed by atoms with Crippen molar-refractivity contribution in [1.82, 2.24) is 0 Å². The molecule has 0 aromatic heterocycles. The molecule has 6 heteroatoms. The SMILES string of the molecule is CCOCO[Si](C)(CCBr)OCOCC. The normalized spacial score (nSPS) is 12.0. The Bertz CT molecular complexity index is 138. The molecule has 0 aliphatic rings. The van der Waals surface area contributed by atoms with E-state index in [1.165, 1.54) is 0 Å². The molecule has 4 nitrogen and oxygen atoms in total. The van der Waals surface area contributed by atoms with Crippen molar-refractivity contribution < 1.29 is 18.3 Å². The summed E-state index contributed by atoms with van der Waals surface area (Å²) in [6.07, 6.45) is 0. The maximum atomic E-state index is 5.64. The maximum Gasteiger partial charge on any atom is 0.339 e. The van der Waals surface area contributed by atoms with Crippen molar-refractivity contribution in [1.29, 1.82) is 0 Å². The molecule has 0 fully saturated rings. The molecule has 0 rings (SSSR count). The topological polar surface area (TPSA) is 36.9 Å². The van der Waals surface area contributed by atoms with Crippen LogP contribution in [0.3, 0.4) is 0 Å². The average molecular weight is 301 g/mol. The second-order valence-corrected chi connectivity index (χ2v) is 7.22. The average Bonchev–Trinajstić information content (AvgIpc) is 2.19. The largest absolute Gasteiger partial charge is 0.370 e. The zero-order valence-corrected chi connectivity index (χ0v) is 12.3. The lowest BCUT2D eigenvalue weighted by molar-refractivity contribution is -0.0382. The van der Waals surface area contributed by atoms with Crippen molar-refractivity contribution >= 4 is 24.5 Å². The highest BCUT2D eigenvalue weighted by Gasteiger charge is 2.30. The molecule has 0 bridgehead atoms. The summed E-state index contributed by atoms with van der Waals surface area (Å²) in [5, 5.41) is 0.869. The molecule has 0 saturated carbocycles. The Kier molecular flexibility index (Phi) is 10.1. The quantitative estimate of drug-likeness (QED) is 0.269. The van der Waals surface area contributed by atoms with Crippen LogP contribution < -0.4 is 0 Å². The van der Waals surface area contributed by atoms with Crippen LogP contribution in [0, 0.1) is 0 Å². The van der Waals surface area contributed by atoms with Gasteiger partial charge in [-0.15, -0.1) is 0 Å². The first-order valence-electron chi connectivity index (χ1n) is 5.18. The van der Waals surface area contributed by atoms with Gasteiger partial charge in [-0.05, 0) is 20.4 Å². The van der Waals surface area contributed by atoms with Crippen LogP contribution in [0.2, 0.25) is 12.6 Å². The van der Waals surface area contributed by atoms with Gasteiger partial charge < -0.3 is 18.3 Å². The van der Waals surface area contributed by atoms with Crippen LogP contribution >= 0.6 is 15.9 Å². The van der Waals surface area contributed by atoms with E-state index < -0.39 is 8.56 Å². The first kappa shape index (κ1) is 15.5. The predicted molar refractivity (Wildman–Crippen MR) is 65.4 cm³/mol. The van der Waals surface area contributed by atoms with Gasteiger partial charge in [-0.2, -0.15) is 0 Å². The first-order valence-corrected chi connectivity index (χ1v) is 8.82. The van der Waals surface area contributed by atoms with E-state index in [1.54, 1.807) is 0 Å². The minimum absolute atomic E-state index is 0.304. The van der Waals surface area contributed by atoms with E-state index in [-0.39, 0.29) is 0 Å². The highest BCUT2D eigenvalue weighted by atomic mass is 79.9. The van der Waals surface area contributed by atoms with Crippen molar-refractivity contribution in [3.8, 4) is 0 Å². The van der Waals surface area contributed by atoms with Gasteiger partial charge in [0.1, 0.15) is 13.6 Å². The Morgan fingerprint density at radius 3 is 1.80 bits per heavy atom. The molecule has 15 heavy (non-hydrogen) atoms. The molecule has 0 N–H and O–H groups in total. The van der Waals surface area contributed by atoms with Gasteiger partial charge in [0.15, 0.2) is 0 Å². The second-order valence-electron chi connectivity index (χ2n) is 3.08. The summed E-state index contributed by atoms with van der Waals surface area (Å²) in [5.74, 6) is 0. The van der Waals surface area contributed by atoms with Crippen LogP contribution in [-0.4, -0.2) is 40.7 Å². The van der Waals surface area contributed by atoms with Gasteiger partial charge in [-0.3, -0.25) is 0 Å². The maximum absolute atomic E-state index is 5.64. The molecule has 0 heterocycles. The zero-order chi connectivity index (χ0) is 11.6. The molecule has 0 amide bonds. The lowest BCUT2D eigenvalue weighted by atomic mass is 10.9. The lowest BCUT2D eigenvalue weighted by Gasteiger charge is -2.25. The summed E-state index contributed by atoms with van der Waals surface area (Å²) in [4.78, 5) is 0. The van der Waals surface area contributed by atoms with E-state index in [2.05, 4.69) is 15.9 Å². The third-order valence-corrected chi connectivity index (χ3v) is 5.60. The van der Waals surface area contributed by atoms with Crippen molar-refractivity contribution in [3.63, 3.8) is 0 Å². The summed E-state index contributed by atoms with van der Waals surface area (Å²) in [6.45, 7) is 7.82. The molecule has 0 unspecified atom stereocenters. The van der Waals surface area contributed by atoms with Gasteiger partial charge in [-0.25, -0.2) is 0 Å². The second kappa shape index (κ2) is 9.74. The van der Waals surface area contributed by atoms with Crippen molar-refractivity contribution in [2.24, 2.45) is 0 Å². The van der Waals surface area contributed by atoms with Crippen molar-refractivity contribution in [2.45, 2.75) is 26.4 Å². The van der Waals surface area contributed by atoms with Gasteiger partial charge in [0.2, 0.25) is 0 Å². The van der Waals surface area contributed by atoms with Crippen molar-refractivity contribution in [2.75, 3.05) is 32.1 Å². The molecule has 0 aliphatic carbocycles. The van der Waals surface area contributed by atoms with Gasteiger partial charge >= 0.3 is 8.56 Å². The van der Waals surface area contributed by atoms with Crippen molar-refractivity contribution in [3.05, 3.63) is 0 Å². The molecular weight excluding hydrogens is 280 g/mol. The molecule has 0 radical (unpaired) electrons. The number of rotatable bonds is 10. The summed E-state index contributed by atoms with van der Waals surface area (Å²) in [5.41, 5.74) is 0. The van der Waals surface area contributed by atoms with Crippen LogP contribution in [0.5, 0.6) is 0 Å². The van der Waals surface area contributed by atoms with Crippen LogP contribution in [-0.2, 0) is 18.3 Å². The summed E-state index contributed by atoms with van der Waals surface area (Å²) >= 11 is 3.40. The number of hydrogen-bond acceptors (Lipinski definition) is 4. The fraction of sp³-hybridized carbons (Fsp3) is 1.00. The molecule has 0 aliphatic heterocycles. The highest BCUT2D eigenvalue weighted by molar-refractivity contribution is 9.09. The van der Waals surface area contributed by atoms with Gasteiger partial charge in [0, 0.05) is 24.6 Å².